The number of rotatable bonds is 10. The average Bonchev–Trinajstić information content (AvgIpc) is 2.78. The van der Waals surface area contributed by atoms with Gasteiger partial charge in [0.1, 0.15) is 23.7 Å². The molecule has 0 unspecified atom stereocenters. The normalized spacial score (nSPS) is 11.2. The van der Waals surface area contributed by atoms with Gasteiger partial charge >= 0.3 is 5.97 Å². The molecule has 0 saturated heterocycles. The number of hydrogen-bond acceptors (Lipinski definition) is 9. The topological polar surface area (TPSA) is 132 Å². The van der Waals surface area contributed by atoms with E-state index >= 15 is 0 Å². The Hall–Kier alpha value is -3.70. The fourth-order valence-electron chi connectivity index (χ4n) is 2.75. The minimum absolute atomic E-state index is 0.136. The number of nitrogens with one attached hydrogen (secondary N) is 3. The van der Waals surface area contributed by atoms with Crippen molar-refractivity contribution in [1.29, 1.82) is 0 Å². The molecule has 0 atom stereocenters. The molecular formula is C22H25N5O5S. The maximum Gasteiger partial charge on any atom is 0.344 e. The van der Waals surface area contributed by atoms with E-state index in [0.717, 1.165) is 0 Å². The predicted octanol–water partition coefficient (Wildman–Crippen LogP) is 3.20. The number of aromatic nitrogens is 2. The Balaban J connectivity index is 1.67. The molecule has 0 radical (unpaired) electrons. The molecule has 0 saturated carbocycles. The van der Waals surface area contributed by atoms with E-state index in [1.165, 1.54) is 25.5 Å². The summed E-state index contributed by atoms with van der Waals surface area (Å²) in [7, 11) is -2.20. The summed E-state index contributed by atoms with van der Waals surface area (Å²) in [4.78, 5) is 20.2. The molecule has 0 amide bonds. The highest BCUT2D eigenvalue weighted by Gasteiger charge is 2.12. The van der Waals surface area contributed by atoms with Gasteiger partial charge < -0.3 is 20.1 Å². The quantitative estimate of drug-likeness (QED) is 0.381. The SMILES string of the molecule is CNS(=O)(=O)c1cccc(Nc2cc(Nc3cccc(OCC(=O)OC(C)C)c3)ncn2)c1. The molecule has 0 aliphatic heterocycles. The molecule has 0 spiro atoms. The van der Waals surface area contributed by atoms with Crippen LogP contribution in [0, 0.1) is 0 Å². The van der Waals surface area contributed by atoms with Crippen molar-refractivity contribution < 1.29 is 22.7 Å². The van der Waals surface area contributed by atoms with E-state index in [9.17, 15) is 13.2 Å². The van der Waals surface area contributed by atoms with E-state index in [-0.39, 0.29) is 17.6 Å². The molecular weight excluding hydrogens is 446 g/mol. The third kappa shape index (κ3) is 7.16. The third-order valence-electron chi connectivity index (χ3n) is 4.18. The summed E-state index contributed by atoms with van der Waals surface area (Å²) in [6.45, 7) is 3.36. The first-order chi connectivity index (χ1) is 15.7. The smallest absolute Gasteiger partial charge is 0.344 e. The van der Waals surface area contributed by atoms with Crippen LogP contribution in [-0.4, -0.2) is 44.1 Å². The summed E-state index contributed by atoms with van der Waals surface area (Å²) in [5.74, 6) is 1.02. The molecule has 0 bridgehead atoms. The molecule has 2 aromatic carbocycles. The number of benzene rings is 2. The number of sulfonamides is 1. The zero-order valence-electron chi connectivity index (χ0n) is 18.4. The number of nitrogens with zero attached hydrogens (tertiary/aromatic N) is 2. The van der Waals surface area contributed by atoms with Gasteiger partial charge in [0.05, 0.1) is 11.0 Å². The Bertz CT molecular complexity index is 1220. The van der Waals surface area contributed by atoms with Crippen molar-refractivity contribution in [2.24, 2.45) is 0 Å². The van der Waals surface area contributed by atoms with Crippen molar-refractivity contribution in [1.82, 2.24) is 14.7 Å². The first kappa shape index (κ1) is 24.0. The summed E-state index contributed by atoms with van der Waals surface area (Å²) >= 11 is 0. The number of esters is 1. The van der Waals surface area contributed by atoms with Gasteiger partial charge in [-0.05, 0) is 51.2 Å². The minimum Gasteiger partial charge on any atom is -0.482 e. The van der Waals surface area contributed by atoms with Crippen molar-refractivity contribution >= 4 is 39.0 Å². The summed E-state index contributed by atoms with van der Waals surface area (Å²) in [5.41, 5.74) is 1.25. The van der Waals surface area contributed by atoms with Crippen molar-refractivity contribution in [3.8, 4) is 5.75 Å². The molecule has 11 heteroatoms. The van der Waals surface area contributed by atoms with Crippen LogP contribution >= 0.6 is 0 Å². The van der Waals surface area contributed by atoms with E-state index in [2.05, 4.69) is 25.3 Å². The Morgan fingerprint density at radius 1 is 0.970 bits per heavy atom. The minimum atomic E-state index is -3.56. The lowest BCUT2D eigenvalue weighted by Gasteiger charge is -2.12. The molecule has 0 aliphatic carbocycles. The van der Waals surface area contributed by atoms with Crippen LogP contribution in [0.3, 0.4) is 0 Å². The first-order valence-electron chi connectivity index (χ1n) is 10.1. The van der Waals surface area contributed by atoms with Crippen molar-refractivity contribution in [3.05, 3.63) is 60.9 Å². The van der Waals surface area contributed by atoms with Crippen LogP contribution < -0.4 is 20.1 Å². The maximum atomic E-state index is 12.0. The van der Waals surface area contributed by atoms with Crippen LogP contribution in [0.15, 0.2) is 65.8 Å². The number of carbonyl (C=O) groups excluding carboxylic acids is 1. The van der Waals surface area contributed by atoms with Gasteiger partial charge in [0.15, 0.2) is 6.61 Å². The molecule has 3 rings (SSSR count). The molecule has 0 aliphatic rings. The van der Waals surface area contributed by atoms with Gasteiger partial charge in [0, 0.05) is 23.5 Å². The van der Waals surface area contributed by atoms with Gasteiger partial charge in [-0.1, -0.05) is 12.1 Å². The summed E-state index contributed by atoms with van der Waals surface area (Å²) in [6, 6.07) is 15.1. The second-order valence-corrected chi connectivity index (χ2v) is 9.02. The molecule has 1 aromatic heterocycles. The Kier molecular flexibility index (Phi) is 7.80. The van der Waals surface area contributed by atoms with Crippen LogP contribution in [0.1, 0.15) is 13.8 Å². The number of hydrogen-bond donors (Lipinski definition) is 3. The van der Waals surface area contributed by atoms with Gasteiger partial charge in [0.25, 0.3) is 0 Å². The Morgan fingerprint density at radius 2 is 1.61 bits per heavy atom. The van der Waals surface area contributed by atoms with Crippen LogP contribution in [0.25, 0.3) is 0 Å². The summed E-state index contributed by atoms with van der Waals surface area (Å²) < 4.78 is 36.8. The monoisotopic (exact) mass is 471 g/mol. The Labute approximate surface area is 192 Å². The largest absolute Gasteiger partial charge is 0.482 e. The molecule has 174 valence electrons. The molecule has 10 nitrogen and oxygen atoms in total. The fourth-order valence-corrected chi connectivity index (χ4v) is 3.53. The van der Waals surface area contributed by atoms with E-state index in [0.29, 0.717) is 28.8 Å². The van der Waals surface area contributed by atoms with Crippen molar-refractivity contribution in [3.63, 3.8) is 0 Å². The van der Waals surface area contributed by atoms with Gasteiger partial charge in [-0.15, -0.1) is 0 Å². The van der Waals surface area contributed by atoms with E-state index < -0.39 is 16.0 Å². The average molecular weight is 472 g/mol. The highest BCUT2D eigenvalue weighted by Crippen LogP contribution is 2.23. The van der Waals surface area contributed by atoms with E-state index in [1.807, 2.05) is 6.07 Å². The van der Waals surface area contributed by atoms with Gasteiger partial charge in [-0.3, -0.25) is 0 Å². The van der Waals surface area contributed by atoms with Crippen LogP contribution in [0.4, 0.5) is 23.0 Å². The Morgan fingerprint density at radius 3 is 2.24 bits per heavy atom. The molecule has 3 N–H and O–H groups in total. The highest BCUT2D eigenvalue weighted by atomic mass is 32.2. The first-order valence-corrected chi connectivity index (χ1v) is 11.6. The molecule has 3 aromatic rings. The molecule has 0 fully saturated rings. The lowest BCUT2D eigenvalue weighted by molar-refractivity contribution is -0.149. The van der Waals surface area contributed by atoms with Crippen LogP contribution in [-0.2, 0) is 19.6 Å². The molecule has 1 heterocycles. The fraction of sp³-hybridized carbons (Fsp3) is 0.227. The number of carbonyl (C=O) groups is 1. The van der Waals surface area contributed by atoms with Crippen molar-refractivity contribution in [2.75, 3.05) is 24.3 Å². The van der Waals surface area contributed by atoms with Crippen molar-refractivity contribution in [2.45, 2.75) is 24.8 Å². The predicted molar refractivity (Wildman–Crippen MR) is 124 cm³/mol. The van der Waals surface area contributed by atoms with Crippen LogP contribution in [0.5, 0.6) is 5.75 Å². The van der Waals surface area contributed by atoms with Crippen LogP contribution in [0.2, 0.25) is 0 Å². The lowest BCUT2D eigenvalue weighted by Crippen LogP contribution is -2.18. The second kappa shape index (κ2) is 10.7. The van der Waals surface area contributed by atoms with E-state index in [4.69, 9.17) is 9.47 Å². The van der Waals surface area contributed by atoms with E-state index in [1.54, 1.807) is 50.2 Å². The van der Waals surface area contributed by atoms with Gasteiger partial charge in [0.2, 0.25) is 10.0 Å². The zero-order chi connectivity index (χ0) is 23.8. The summed E-state index contributed by atoms with van der Waals surface area (Å²) in [6.07, 6.45) is 1.17. The van der Waals surface area contributed by atoms with Gasteiger partial charge in [-0.2, -0.15) is 0 Å². The van der Waals surface area contributed by atoms with Gasteiger partial charge in [-0.25, -0.2) is 27.9 Å². The number of ether oxygens (including phenoxy) is 2. The third-order valence-corrected chi connectivity index (χ3v) is 5.59. The lowest BCUT2D eigenvalue weighted by atomic mass is 10.3. The summed E-state index contributed by atoms with van der Waals surface area (Å²) in [5, 5.41) is 6.21. The second-order valence-electron chi connectivity index (χ2n) is 7.13. The standard InChI is InChI=1S/C22H25N5O5S/c1-15(2)32-22(28)13-31-18-8-4-6-16(10-18)26-20-12-21(25-14-24-20)27-17-7-5-9-19(11-17)33(29,30)23-3/h4-12,14-15,23H,13H2,1-3H3,(H2,24,25,26,27). The molecule has 33 heavy (non-hydrogen) atoms. The zero-order valence-corrected chi connectivity index (χ0v) is 19.2. The highest BCUT2D eigenvalue weighted by molar-refractivity contribution is 7.89. The maximum absolute atomic E-state index is 12.0. The number of anilines is 4.